The zero-order chi connectivity index (χ0) is 19.2. The Bertz CT molecular complexity index is 744. The number of aryl methyl sites for hydroxylation is 2. The largest absolute Gasteiger partial charge is 0.497 e. The molecule has 2 aromatic rings. The number of rotatable bonds is 6. The fourth-order valence-corrected chi connectivity index (χ4v) is 3.42. The summed E-state index contributed by atoms with van der Waals surface area (Å²) in [6.45, 7) is 3.32. The molecule has 3 rings (SSSR count). The summed E-state index contributed by atoms with van der Waals surface area (Å²) in [5.41, 5.74) is 1.22. The highest BCUT2D eigenvalue weighted by Gasteiger charge is 2.23. The van der Waals surface area contributed by atoms with Gasteiger partial charge in [-0.05, 0) is 56.2 Å². The topological polar surface area (TPSA) is 76.8 Å². The standard InChI is InChI=1S/C20H27N3O4/c1-14-10-19(22-27-14)21-20(24)23-8-6-15(7-9-23)4-5-16-11-17(25-2)13-18(12-16)26-3/h10-13,15H,4-9H2,1-3H3,(H,21,22,24). The number of piperidine rings is 1. The molecule has 1 N–H and O–H groups in total. The molecule has 1 fully saturated rings. The van der Waals surface area contributed by atoms with Gasteiger partial charge >= 0.3 is 6.03 Å². The predicted octanol–water partition coefficient (Wildman–Crippen LogP) is 3.88. The van der Waals surface area contributed by atoms with Crippen molar-refractivity contribution in [2.45, 2.75) is 32.6 Å². The molecule has 2 heterocycles. The number of hydrogen-bond acceptors (Lipinski definition) is 5. The average Bonchev–Trinajstić information content (AvgIpc) is 3.11. The van der Waals surface area contributed by atoms with E-state index in [2.05, 4.69) is 22.6 Å². The van der Waals surface area contributed by atoms with Crippen LogP contribution in [0.4, 0.5) is 10.6 Å². The number of carbonyl (C=O) groups is 1. The fourth-order valence-electron chi connectivity index (χ4n) is 3.42. The van der Waals surface area contributed by atoms with Gasteiger partial charge < -0.3 is 18.9 Å². The van der Waals surface area contributed by atoms with E-state index in [0.29, 0.717) is 17.5 Å². The Kier molecular flexibility index (Phi) is 6.21. The number of likely N-dealkylation sites (tertiary alicyclic amines) is 1. The summed E-state index contributed by atoms with van der Waals surface area (Å²) < 4.78 is 15.6. The lowest BCUT2D eigenvalue weighted by atomic mass is 9.90. The number of anilines is 1. The summed E-state index contributed by atoms with van der Waals surface area (Å²) >= 11 is 0. The van der Waals surface area contributed by atoms with E-state index in [1.54, 1.807) is 27.2 Å². The van der Waals surface area contributed by atoms with Gasteiger partial charge in [-0.15, -0.1) is 0 Å². The summed E-state index contributed by atoms with van der Waals surface area (Å²) in [7, 11) is 3.33. The van der Waals surface area contributed by atoms with E-state index in [0.717, 1.165) is 50.3 Å². The number of ether oxygens (including phenoxy) is 2. The highest BCUT2D eigenvalue weighted by atomic mass is 16.5. The molecule has 1 aromatic heterocycles. The number of hydrogen-bond donors (Lipinski definition) is 1. The Morgan fingerprint density at radius 3 is 2.41 bits per heavy atom. The van der Waals surface area contributed by atoms with E-state index in [4.69, 9.17) is 14.0 Å². The Labute approximate surface area is 159 Å². The molecule has 146 valence electrons. The Balaban J connectivity index is 1.46. The number of amides is 2. The zero-order valence-electron chi connectivity index (χ0n) is 16.2. The third kappa shape index (κ3) is 5.15. The van der Waals surface area contributed by atoms with Crippen LogP contribution < -0.4 is 14.8 Å². The van der Waals surface area contributed by atoms with Crippen molar-refractivity contribution in [1.82, 2.24) is 10.1 Å². The molecular formula is C20H27N3O4. The van der Waals surface area contributed by atoms with Crippen LogP contribution in [0.2, 0.25) is 0 Å². The first kappa shape index (κ1) is 19.1. The molecule has 0 saturated carbocycles. The third-order valence-corrected chi connectivity index (χ3v) is 5.02. The summed E-state index contributed by atoms with van der Waals surface area (Å²) in [4.78, 5) is 14.2. The van der Waals surface area contributed by atoms with Crippen LogP contribution in [0.15, 0.2) is 28.8 Å². The van der Waals surface area contributed by atoms with Gasteiger partial charge in [0.15, 0.2) is 5.82 Å². The molecule has 0 unspecified atom stereocenters. The summed E-state index contributed by atoms with van der Waals surface area (Å²) in [6, 6.07) is 7.61. The van der Waals surface area contributed by atoms with E-state index >= 15 is 0 Å². The molecule has 1 aliphatic rings. The molecule has 7 heteroatoms. The maximum Gasteiger partial charge on any atom is 0.323 e. The van der Waals surface area contributed by atoms with Crippen molar-refractivity contribution in [2.24, 2.45) is 5.92 Å². The first-order valence-corrected chi connectivity index (χ1v) is 9.28. The van der Waals surface area contributed by atoms with Gasteiger partial charge in [0.1, 0.15) is 17.3 Å². The van der Waals surface area contributed by atoms with E-state index in [1.807, 2.05) is 11.0 Å². The van der Waals surface area contributed by atoms with E-state index in [-0.39, 0.29) is 6.03 Å². The molecular weight excluding hydrogens is 346 g/mol. The van der Waals surface area contributed by atoms with Crippen molar-refractivity contribution < 1.29 is 18.8 Å². The van der Waals surface area contributed by atoms with Gasteiger partial charge in [-0.1, -0.05) is 5.16 Å². The van der Waals surface area contributed by atoms with Gasteiger partial charge in [0.05, 0.1) is 14.2 Å². The lowest BCUT2D eigenvalue weighted by Crippen LogP contribution is -2.41. The normalized spacial score (nSPS) is 14.9. The number of benzene rings is 1. The Hall–Kier alpha value is -2.70. The zero-order valence-corrected chi connectivity index (χ0v) is 16.2. The lowest BCUT2D eigenvalue weighted by molar-refractivity contribution is 0.180. The fraction of sp³-hybridized carbons (Fsp3) is 0.500. The highest BCUT2D eigenvalue weighted by molar-refractivity contribution is 5.88. The molecule has 2 amide bonds. The van der Waals surface area contributed by atoms with Crippen molar-refractivity contribution in [3.05, 3.63) is 35.6 Å². The second kappa shape index (κ2) is 8.79. The minimum atomic E-state index is -0.112. The SMILES string of the molecule is COc1cc(CCC2CCN(C(=O)Nc3cc(C)on3)CC2)cc(OC)c1. The van der Waals surface area contributed by atoms with Gasteiger partial charge in [-0.25, -0.2) is 4.79 Å². The van der Waals surface area contributed by atoms with Crippen molar-refractivity contribution in [3.63, 3.8) is 0 Å². The minimum Gasteiger partial charge on any atom is -0.497 e. The number of aromatic nitrogens is 1. The number of carbonyl (C=O) groups excluding carboxylic acids is 1. The number of urea groups is 1. The summed E-state index contributed by atoms with van der Waals surface area (Å²) in [6.07, 6.45) is 4.08. The quantitative estimate of drug-likeness (QED) is 0.832. The molecule has 0 aliphatic carbocycles. The number of nitrogens with one attached hydrogen (secondary N) is 1. The first-order valence-electron chi connectivity index (χ1n) is 9.28. The Morgan fingerprint density at radius 2 is 1.85 bits per heavy atom. The van der Waals surface area contributed by atoms with Crippen LogP contribution in [0, 0.1) is 12.8 Å². The number of nitrogens with zero attached hydrogens (tertiary/aromatic N) is 2. The van der Waals surface area contributed by atoms with Gasteiger partial charge in [0, 0.05) is 25.2 Å². The van der Waals surface area contributed by atoms with Crippen molar-refractivity contribution >= 4 is 11.8 Å². The van der Waals surface area contributed by atoms with Crippen LogP contribution in [0.1, 0.15) is 30.6 Å². The molecule has 7 nitrogen and oxygen atoms in total. The second-order valence-corrected chi connectivity index (χ2v) is 6.94. The molecule has 0 atom stereocenters. The van der Waals surface area contributed by atoms with Crippen molar-refractivity contribution in [1.29, 1.82) is 0 Å². The Morgan fingerprint density at radius 1 is 1.19 bits per heavy atom. The monoisotopic (exact) mass is 373 g/mol. The maximum atomic E-state index is 12.3. The maximum absolute atomic E-state index is 12.3. The lowest BCUT2D eigenvalue weighted by Gasteiger charge is -2.31. The highest BCUT2D eigenvalue weighted by Crippen LogP contribution is 2.27. The van der Waals surface area contributed by atoms with Crippen LogP contribution in [0.3, 0.4) is 0 Å². The minimum absolute atomic E-state index is 0.112. The van der Waals surface area contributed by atoms with E-state index < -0.39 is 0 Å². The molecule has 1 saturated heterocycles. The van der Waals surface area contributed by atoms with Crippen molar-refractivity contribution in [3.8, 4) is 11.5 Å². The second-order valence-electron chi connectivity index (χ2n) is 6.94. The molecule has 1 aliphatic heterocycles. The first-order chi connectivity index (χ1) is 13.1. The van der Waals surface area contributed by atoms with Crippen LogP contribution in [0.25, 0.3) is 0 Å². The summed E-state index contributed by atoms with van der Waals surface area (Å²) in [5, 5.41) is 6.59. The molecule has 0 radical (unpaired) electrons. The van der Waals surface area contributed by atoms with E-state index in [9.17, 15) is 4.79 Å². The van der Waals surface area contributed by atoms with Gasteiger partial charge in [0.25, 0.3) is 0 Å². The van der Waals surface area contributed by atoms with Crippen LogP contribution in [0.5, 0.6) is 11.5 Å². The average molecular weight is 373 g/mol. The van der Waals surface area contributed by atoms with E-state index in [1.165, 1.54) is 5.56 Å². The van der Waals surface area contributed by atoms with Crippen LogP contribution in [-0.2, 0) is 6.42 Å². The molecule has 27 heavy (non-hydrogen) atoms. The van der Waals surface area contributed by atoms with Crippen LogP contribution in [-0.4, -0.2) is 43.4 Å². The van der Waals surface area contributed by atoms with Gasteiger partial charge in [-0.2, -0.15) is 0 Å². The molecule has 0 spiro atoms. The van der Waals surface area contributed by atoms with Gasteiger partial charge in [0.2, 0.25) is 0 Å². The molecule has 0 bridgehead atoms. The number of methoxy groups -OCH3 is 2. The molecule has 1 aromatic carbocycles. The predicted molar refractivity (Wildman–Crippen MR) is 102 cm³/mol. The van der Waals surface area contributed by atoms with Crippen LogP contribution >= 0.6 is 0 Å². The summed E-state index contributed by atoms with van der Waals surface area (Å²) in [5.74, 6) is 3.39. The van der Waals surface area contributed by atoms with Gasteiger partial charge in [-0.3, -0.25) is 5.32 Å². The smallest absolute Gasteiger partial charge is 0.323 e. The van der Waals surface area contributed by atoms with Crippen molar-refractivity contribution in [2.75, 3.05) is 32.6 Å². The third-order valence-electron chi connectivity index (χ3n) is 5.02.